The molecule has 2 heterocycles. The second-order valence-electron chi connectivity index (χ2n) is 21.8. The predicted molar refractivity (Wildman–Crippen MR) is 321 cm³/mol. The van der Waals surface area contributed by atoms with E-state index in [1.807, 2.05) is 61.7 Å². The number of carbonyl (C=O) groups excluding carboxylic acids is 3. The third-order valence-corrected chi connectivity index (χ3v) is 16.5. The molecule has 1 aliphatic carbocycles. The molecule has 0 bridgehead atoms. The van der Waals surface area contributed by atoms with Gasteiger partial charge in [-0.25, -0.2) is 4.79 Å². The van der Waals surface area contributed by atoms with Gasteiger partial charge in [-0.1, -0.05) is 67.8 Å². The second-order valence-corrected chi connectivity index (χ2v) is 25.6. The van der Waals surface area contributed by atoms with Gasteiger partial charge in [0, 0.05) is 116 Å². The maximum atomic E-state index is 12.5. The van der Waals surface area contributed by atoms with E-state index in [9.17, 15) is 27.6 Å². The van der Waals surface area contributed by atoms with E-state index in [0.29, 0.717) is 23.3 Å². The topological polar surface area (TPSA) is 115 Å². The number of benzene rings is 4. The number of piperazine rings is 2. The number of halogens is 4. The fourth-order valence-corrected chi connectivity index (χ4v) is 11.7. The third-order valence-electron chi connectivity index (χ3n) is 13.7. The first kappa shape index (κ1) is 64.5. The van der Waals surface area contributed by atoms with Crippen LogP contribution in [0.3, 0.4) is 0 Å². The number of anilines is 2. The molecule has 78 heavy (non-hydrogen) atoms. The summed E-state index contributed by atoms with van der Waals surface area (Å²) in [5, 5.41) is 0.800. The number of thioether (sulfide) groups is 2. The number of nitrogen functional groups attached to an aromatic ring is 1. The van der Waals surface area contributed by atoms with Crippen molar-refractivity contribution in [2.75, 3.05) is 102 Å². The molecule has 18 heteroatoms. The predicted octanol–water partition coefficient (Wildman–Crippen LogP) is 14.2. The van der Waals surface area contributed by atoms with Gasteiger partial charge >= 0.3 is 11.6 Å². The molecular formula is C60H83ClF3N7O4S3. The zero-order chi connectivity index (χ0) is 56.7. The number of alkyl halides is 3. The van der Waals surface area contributed by atoms with Crippen LogP contribution in [0.2, 0.25) is 5.02 Å². The summed E-state index contributed by atoms with van der Waals surface area (Å²) in [5.41, 5.74) is 7.57. The van der Waals surface area contributed by atoms with Crippen molar-refractivity contribution in [3.63, 3.8) is 0 Å². The van der Waals surface area contributed by atoms with E-state index in [1.54, 1.807) is 30.6 Å². The number of hydrogen-bond donors (Lipinski definition) is 2. The lowest BCUT2D eigenvalue weighted by atomic mass is 9.73. The van der Waals surface area contributed by atoms with Crippen LogP contribution in [0, 0.1) is 5.41 Å². The number of nitrogens with one attached hydrogen (secondary N) is 1. The van der Waals surface area contributed by atoms with Gasteiger partial charge in [-0.3, -0.25) is 24.1 Å². The standard InChI is InChI=1S/C26H31ClN2O.C26H43N3O3S.C8H9F3N2S2/c1-26(2)12-11-25(21-5-7-23(27)8-6-21)22(17-26)18-28-13-15-29(16-14-28)24-9-3-20(19-30)4-10-24;1-26(2,3)32-25(31)27(4)16-10-6-9-15-24(30)29-20-18-28(19-21-29)17-11-12-22-33-23-13-7-5-8-14-23;1-13-15-5-2-3-6(12)7(4-5)14-8(9,10)11/h3-10,19H,11-18H2,1-2H3;5,7-8,13-14H,6,9-12,15-22H2,1-4H3;2-4,13H,12H2,1H3. The summed E-state index contributed by atoms with van der Waals surface area (Å²) >= 11 is 9.09. The Morgan fingerprint density at radius 3 is 2.12 bits per heavy atom. The number of amides is 2. The summed E-state index contributed by atoms with van der Waals surface area (Å²) in [6, 6.07) is 31.4. The number of ether oxygens (including phenoxy) is 1. The summed E-state index contributed by atoms with van der Waals surface area (Å²) < 4.78 is 44.5. The normalized spacial score (nSPS) is 16.1. The molecule has 2 aliphatic heterocycles. The van der Waals surface area contributed by atoms with Gasteiger partial charge < -0.3 is 25.2 Å². The number of nitrogens with two attached hydrogens (primary N) is 1. The van der Waals surface area contributed by atoms with Gasteiger partial charge in [-0.2, -0.15) is 13.2 Å². The molecule has 2 fully saturated rings. The zero-order valence-electron chi connectivity index (χ0n) is 46.8. The lowest BCUT2D eigenvalue weighted by Crippen LogP contribution is -2.48. The molecule has 0 radical (unpaired) electrons. The lowest BCUT2D eigenvalue weighted by molar-refractivity contribution is -0.133. The summed E-state index contributed by atoms with van der Waals surface area (Å²) in [7, 11) is 3.46. The van der Waals surface area contributed by atoms with Crippen molar-refractivity contribution in [2.24, 2.45) is 5.41 Å². The van der Waals surface area contributed by atoms with Crippen molar-refractivity contribution in [3.8, 4) is 0 Å². The highest BCUT2D eigenvalue weighted by molar-refractivity contribution is 8.00. The van der Waals surface area contributed by atoms with Gasteiger partial charge in [0.1, 0.15) is 11.9 Å². The van der Waals surface area contributed by atoms with E-state index in [0.717, 1.165) is 114 Å². The van der Waals surface area contributed by atoms with Gasteiger partial charge in [0.2, 0.25) is 5.91 Å². The minimum Gasteiger partial charge on any atom is -0.444 e. The number of aldehydes is 1. The molecule has 428 valence electrons. The highest BCUT2D eigenvalue weighted by Crippen LogP contribution is 2.43. The molecule has 0 atom stereocenters. The van der Waals surface area contributed by atoms with E-state index >= 15 is 0 Å². The monoisotopic (exact) mass is 1150 g/mol. The first-order valence-electron chi connectivity index (χ1n) is 27.2. The number of allylic oxidation sites excluding steroid dienone is 1. The average molecular weight is 1160 g/mol. The van der Waals surface area contributed by atoms with Crippen molar-refractivity contribution in [2.45, 2.75) is 118 Å². The Kier molecular flexibility index (Phi) is 26.6. The Labute approximate surface area is 481 Å². The number of carbonyl (C=O) groups is 3. The fourth-order valence-electron chi connectivity index (χ4n) is 9.43. The van der Waals surface area contributed by atoms with Crippen LogP contribution in [0.4, 0.5) is 29.3 Å². The van der Waals surface area contributed by atoms with E-state index < -0.39 is 11.1 Å². The van der Waals surface area contributed by atoms with E-state index in [1.165, 1.54) is 71.5 Å². The Balaban J connectivity index is 0.000000230. The van der Waals surface area contributed by atoms with Gasteiger partial charge in [0.05, 0.1) is 0 Å². The summed E-state index contributed by atoms with van der Waals surface area (Å²) in [6.07, 6.45) is 9.91. The zero-order valence-corrected chi connectivity index (χ0v) is 50.1. The molecule has 2 saturated heterocycles. The Hall–Kier alpha value is -4.36. The summed E-state index contributed by atoms with van der Waals surface area (Å²) in [6.45, 7) is 21.1. The Morgan fingerprint density at radius 2 is 1.49 bits per heavy atom. The molecule has 2 amide bonds. The first-order valence-corrected chi connectivity index (χ1v) is 30.2. The fraction of sp³-hybridized carbons (Fsp3) is 0.517. The SMILES string of the molecule is CC1(C)CCC(c2ccc(Cl)cc2)=C(CN2CCN(c3ccc(C=O)cc3)CC2)C1.CN(CCCCCC(=O)N1CCN(CCCCSc2ccccc2)CC1)C(=O)OC(C)(C)C.CNSc1ccc(N)c(SC(F)(F)F)c1. The first-order chi connectivity index (χ1) is 37.1. The second kappa shape index (κ2) is 32.2. The van der Waals surface area contributed by atoms with Crippen LogP contribution in [0.1, 0.15) is 108 Å². The van der Waals surface area contributed by atoms with Crippen molar-refractivity contribution < 1.29 is 32.3 Å². The molecule has 0 unspecified atom stereocenters. The van der Waals surface area contributed by atoms with Gasteiger partial charge in [0.25, 0.3) is 0 Å². The molecule has 3 N–H and O–H groups in total. The maximum absolute atomic E-state index is 12.5. The van der Waals surface area contributed by atoms with E-state index in [4.69, 9.17) is 22.1 Å². The highest BCUT2D eigenvalue weighted by atomic mass is 35.5. The summed E-state index contributed by atoms with van der Waals surface area (Å²) in [4.78, 5) is 48.6. The Bertz CT molecular complexity index is 2480. The Morgan fingerprint density at radius 1 is 0.821 bits per heavy atom. The number of hydrogen-bond acceptors (Lipinski definition) is 12. The largest absolute Gasteiger partial charge is 0.446 e. The molecule has 0 saturated carbocycles. The van der Waals surface area contributed by atoms with Gasteiger partial charge in [0.15, 0.2) is 0 Å². The molecule has 4 aromatic rings. The van der Waals surface area contributed by atoms with Gasteiger partial charge in [-0.15, -0.1) is 11.8 Å². The van der Waals surface area contributed by atoms with Crippen LogP contribution < -0.4 is 15.4 Å². The minimum absolute atomic E-state index is 0.0303. The molecular weight excluding hydrogens is 1070 g/mol. The third kappa shape index (κ3) is 23.8. The summed E-state index contributed by atoms with van der Waals surface area (Å²) in [5.74, 6) is 1.44. The van der Waals surface area contributed by atoms with E-state index in [2.05, 4.69) is 87.9 Å². The minimum atomic E-state index is -4.31. The van der Waals surface area contributed by atoms with Crippen LogP contribution in [0.15, 0.2) is 117 Å². The van der Waals surface area contributed by atoms with Gasteiger partial charge in [-0.05, 0) is 192 Å². The van der Waals surface area contributed by atoms with Crippen molar-refractivity contribution in [1.82, 2.24) is 24.3 Å². The molecule has 3 aliphatic rings. The van der Waals surface area contributed by atoms with Crippen molar-refractivity contribution in [3.05, 3.63) is 119 Å². The molecule has 11 nitrogen and oxygen atoms in total. The number of nitrogens with zero attached hydrogens (tertiary/aromatic N) is 5. The smallest absolute Gasteiger partial charge is 0.444 e. The number of rotatable bonds is 20. The highest BCUT2D eigenvalue weighted by Gasteiger charge is 2.31. The maximum Gasteiger partial charge on any atom is 0.446 e. The van der Waals surface area contributed by atoms with Crippen molar-refractivity contribution in [1.29, 1.82) is 0 Å². The van der Waals surface area contributed by atoms with Crippen molar-refractivity contribution >= 4 is 82.3 Å². The average Bonchev–Trinajstić information content (AvgIpc) is 3.41. The van der Waals surface area contributed by atoms with E-state index in [-0.39, 0.29) is 34.3 Å². The van der Waals surface area contributed by atoms with Crippen LogP contribution in [-0.2, 0) is 9.53 Å². The molecule has 7 rings (SSSR count). The lowest BCUT2D eigenvalue weighted by Gasteiger charge is -2.39. The van der Waals surface area contributed by atoms with Crippen LogP contribution >= 0.6 is 47.1 Å². The van der Waals surface area contributed by atoms with Crippen LogP contribution in [0.5, 0.6) is 0 Å². The molecule has 4 aromatic carbocycles. The molecule has 0 aromatic heterocycles. The van der Waals surface area contributed by atoms with Crippen LogP contribution in [0.25, 0.3) is 5.57 Å². The van der Waals surface area contributed by atoms with Crippen LogP contribution in [-0.4, -0.2) is 141 Å². The molecule has 0 spiro atoms. The quantitative estimate of drug-likeness (QED) is 0.0289. The number of unbranched alkanes of at least 4 members (excludes halogenated alkanes) is 3.